The Balaban J connectivity index is 2.02. The lowest BCUT2D eigenvalue weighted by Crippen LogP contribution is -2.62. The van der Waals surface area contributed by atoms with E-state index in [4.69, 9.17) is 15.6 Å². The lowest BCUT2D eigenvalue weighted by Gasteiger charge is -2.49. The normalized spacial score (nSPS) is 16.6. The molecule has 20 heavy (non-hydrogen) atoms. The monoisotopic (exact) mass is 342 g/mol. The number of primary amides is 1. The number of amides is 1. The lowest BCUT2D eigenvalue weighted by atomic mass is 9.95. The number of aliphatic carboxylic acids is 1. The van der Waals surface area contributed by atoms with Gasteiger partial charge in [0, 0.05) is 23.1 Å². The second-order valence-electron chi connectivity index (χ2n) is 5.02. The minimum absolute atomic E-state index is 0.299. The number of hydrogen-bond donors (Lipinski definition) is 2. The van der Waals surface area contributed by atoms with Crippen molar-refractivity contribution in [3.05, 3.63) is 28.2 Å². The Hall–Kier alpha value is -1.60. The fourth-order valence-corrected chi connectivity index (χ4v) is 2.80. The highest BCUT2D eigenvalue weighted by molar-refractivity contribution is 9.10. The number of halogens is 1. The molecule has 1 fully saturated rings. The third-order valence-corrected chi connectivity index (χ3v) is 3.80. The number of nitrogens with two attached hydrogens (primary N) is 1. The molecule has 7 heteroatoms. The van der Waals surface area contributed by atoms with E-state index in [1.54, 1.807) is 18.2 Å². The Morgan fingerprint density at radius 1 is 1.50 bits per heavy atom. The Morgan fingerprint density at radius 3 is 2.65 bits per heavy atom. The number of ether oxygens (including phenoxy) is 1. The number of carbonyl (C=O) groups excluding carboxylic acids is 1. The molecule has 2 rings (SSSR count). The first-order valence-corrected chi connectivity index (χ1v) is 6.80. The van der Waals surface area contributed by atoms with Crippen molar-refractivity contribution in [3.63, 3.8) is 0 Å². The summed E-state index contributed by atoms with van der Waals surface area (Å²) in [6.07, 6.45) is 0. The topological polar surface area (TPSA) is 92.9 Å². The van der Waals surface area contributed by atoms with Crippen LogP contribution < -0.4 is 10.6 Å². The van der Waals surface area contributed by atoms with Gasteiger partial charge in [0.25, 0.3) is 0 Å². The van der Waals surface area contributed by atoms with Crippen LogP contribution in [0.3, 0.4) is 0 Å². The standard InChI is InChI=1S/C13H15BrN2O4/c1-13(20-5-11(17)18)6-16(7-13)10-3-2-8(12(15)19)4-9(10)14/h2-4H,5-7H2,1H3,(H2,15,19)(H,17,18). The van der Waals surface area contributed by atoms with Crippen LogP contribution in [-0.4, -0.2) is 42.3 Å². The molecule has 0 aromatic heterocycles. The average Bonchev–Trinajstić information content (AvgIpc) is 2.33. The summed E-state index contributed by atoms with van der Waals surface area (Å²) in [5, 5.41) is 8.62. The van der Waals surface area contributed by atoms with E-state index in [9.17, 15) is 9.59 Å². The molecule has 108 valence electrons. The maximum atomic E-state index is 11.1. The van der Waals surface area contributed by atoms with Crippen LogP contribution in [0, 0.1) is 0 Å². The molecule has 1 aliphatic heterocycles. The van der Waals surface area contributed by atoms with Crippen LogP contribution in [0.4, 0.5) is 5.69 Å². The lowest BCUT2D eigenvalue weighted by molar-refractivity contribution is -0.150. The summed E-state index contributed by atoms with van der Waals surface area (Å²) in [6.45, 7) is 2.76. The van der Waals surface area contributed by atoms with Crippen LogP contribution >= 0.6 is 15.9 Å². The summed E-state index contributed by atoms with van der Waals surface area (Å²) in [5.74, 6) is -1.45. The molecular weight excluding hydrogens is 328 g/mol. The van der Waals surface area contributed by atoms with Crippen molar-refractivity contribution < 1.29 is 19.4 Å². The molecule has 1 aromatic carbocycles. The number of rotatable bonds is 5. The minimum Gasteiger partial charge on any atom is -0.480 e. The smallest absolute Gasteiger partial charge is 0.329 e. The number of carboxylic acid groups (broad SMARTS) is 1. The van der Waals surface area contributed by atoms with E-state index in [0.29, 0.717) is 18.7 Å². The van der Waals surface area contributed by atoms with Gasteiger partial charge in [0.2, 0.25) is 5.91 Å². The predicted octanol–water partition coefficient (Wildman–Crippen LogP) is 1.23. The second-order valence-corrected chi connectivity index (χ2v) is 5.87. The highest BCUT2D eigenvalue weighted by Gasteiger charge is 2.41. The Morgan fingerprint density at radius 2 is 2.15 bits per heavy atom. The Kier molecular flexibility index (Phi) is 4.01. The molecule has 1 saturated heterocycles. The molecule has 0 saturated carbocycles. The number of carbonyl (C=O) groups is 2. The van der Waals surface area contributed by atoms with Crippen molar-refractivity contribution in [1.82, 2.24) is 0 Å². The summed E-state index contributed by atoms with van der Waals surface area (Å²) >= 11 is 3.41. The van der Waals surface area contributed by atoms with Crippen LogP contribution in [0.15, 0.2) is 22.7 Å². The fourth-order valence-electron chi connectivity index (χ4n) is 2.18. The number of carboxylic acids is 1. The van der Waals surface area contributed by atoms with E-state index in [1.165, 1.54) is 0 Å². The van der Waals surface area contributed by atoms with E-state index in [-0.39, 0.29) is 6.61 Å². The maximum Gasteiger partial charge on any atom is 0.329 e. The van der Waals surface area contributed by atoms with Gasteiger partial charge in [0.05, 0.1) is 5.69 Å². The van der Waals surface area contributed by atoms with Crippen molar-refractivity contribution in [2.45, 2.75) is 12.5 Å². The fraction of sp³-hybridized carbons (Fsp3) is 0.385. The number of benzene rings is 1. The third-order valence-electron chi connectivity index (χ3n) is 3.17. The summed E-state index contributed by atoms with van der Waals surface area (Å²) in [7, 11) is 0. The van der Waals surface area contributed by atoms with Crippen molar-refractivity contribution in [1.29, 1.82) is 0 Å². The molecule has 1 amide bonds. The molecule has 1 aromatic rings. The highest BCUT2D eigenvalue weighted by atomic mass is 79.9. The summed E-state index contributed by atoms with van der Waals surface area (Å²) in [6, 6.07) is 5.14. The predicted molar refractivity (Wildman–Crippen MR) is 76.9 cm³/mol. The quantitative estimate of drug-likeness (QED) is 0.839. The van der Waals surface area contributed by atoms with Crippen molar-refractivity contribution in [2.24, 2.45) is 5.73 Å². The van der Waals surface area contributed by atoms with E-state index < -0.39 is 17.5 Å². The molecule has 0 spiro atoms. The molecular formula is C13H15BrN2O4. The second kappa shape index (κ2) is 5.41. The van der Waals surface area contributed by atoms with Gasteiger partial charge in [-0.1, -0.05) is 0 Å². The van der Waals surface area contributed by atoms with Crippen molar-refractivity contribution in [2.75, 3.05) is 24.6 Å². The van der Waals surface area contributed by atoms with Crippen molar-refractivity contribution in [3.8, 4) is 0 Å². The van der Waals surface area contributed by atoms with Crippen LogP contribution in [-0.2, 0) is 9.53 Å². The van der Waals surface area contributed by atoms with Gasteiger partial charge in [-0.05, 0) is 41.1 Å². The van der Waals surface area contributed by atoms with Gasteiger partial charge in [0.1, 0.15) is 12.2 Å². The van der Waals surface area contributed by atoms with Crippen LogP contribution in [0.25, 0.3) is 0 Å². The van der Waals surface area contributed by atoms with Gasteiger partial charge in [-0.3, -0.25) is 4.79 Å². The molecule has 6 nitrogen and oxygen atoms in total. The van der Waals surface area contributed by atoms with Crippen LogP contribution in [0.1, 0.15) is 17.3 Å². The van der Waals surface area contributed by atoms with Crippen LogP contribution in [0.2, 0.25) is 0 Å². The van der Waals surface area contributed by atoms with E-state index in [0.717, 1.165) is 10.2 Å². The van der Waals surface area contributed by atoms with Gasteiger partial charge in [0.15, 0.2) is 0 Å². The molecule has 0 bridgehead atoms. The number of nitrogens with zero attached hydrogens (tertiary/aromatic N) is 1. The molecule has 3 N–H and O–H groups in total. The maximum absolute atomic E-state index is 11.1. The Labute approximate surface area is 124 Å². The molecule has 0 atom stereocenters. The molecule has 0 radical (unpaired) electrons. The van der Waals surface area contributed by atoms with Gasteiger partial charge in [-0.25, -0.2) is 4.79 Å². The zero-order valence-corrected chi connectivity index (χ0v) is 12.5. The average molecular weight is 343 g/mol. The summed E-state index contributed by atoms with van der Waals surface area (Å²) in [4.78, 5) is 23.6. The van der Waals surface area contributed by atoms with Gasteiger partial charge in [-0.2, -0.15) is 0 Å². The third kappa shape index (κ3) is 3.10. The SMILES string of the molecule is CC1(OCC(=O)O)CN(c2ccc(C(N)=O)cc2Br)C1. The van der Waals surface area contributed by atoms with Gasteiger partial charge < -0.3 is 20.5 Å². The van der Waals surface area contributed by atoms with E-state index in [2.05, 4.69) is 15.9 Å². The van der Waals surface area contributed by atoms with Gasteiger partial charge >= 0.3 is 5.97 Å². The highest BCUT2D eigenvalue weighted by Crippen LogP contribution is 2.35. The largest absolute Gasteiger partial charge is 0.480 e. The molecule has 0 aliphatic carbocycles. The minimum atomic E-state index is -0.975. The molecule has 1 aliphatic rings. The first-order chi connectivity index (χ1) is 9.31. The molecule has 0 unspecified atom stereocenters. The van der Waals surface area contributed by atoms with Crippen LogP contribution in [0.5, 0.6) is 0 Å². The van der Waals surface area contributed by atoms with E-state index >= 15 is 0 Å². The first-order valence-electron chi connectivity index (χ1n) is 6.01. The summed E-state index contributed by atoms with van der Waals surface area (Å²) < 4.78 is 6.12. The number of anilines is 1. The number of hydrogen-bond acceptors (Lipinski definition) is 4. The van der Waals surface area contributed by atoms with E-state index in [1.807, 2.05) is 11.8 Å². The Bertz CT molecular complexity index is 555. The first kappa shape index (κ1) is 14.8. The molecule has 1 heterocycles. The zero-order chi connectivity index (χ0) is 14.9. The van der Waals surface area contributed by atoms with Gasteiger partial charge in [-0.15, -0.1) is 0 Å². The van der Waals surface area contributed by atoms with Crippen molar-refractivity contribution >= 4 is 33.5 Å². The summed E-state index contributed by atoms with van der Waals surface area (Å²) in [5.41, 5.74) is 6.12. The zero-order valence-electron chi connectivity index (χ0n) is 10.9.